The topological polar surface area (TPSA) is 63.2 Å². The molecular weight excluding hydrogens is 226 g/mol. The molecule has 0 radical (unpaired) electrons. The number of carbonyl (C=O) groups excluding carboxylic acids is 1. The summed E-state index contributed by atoms with van der Waals surface area (Å²) in [4.78, 5) is 11.7. The smallest absolute Gasteiger partial charge is 0.228 e. The van der Waals surface area contributed by atoms with Gasteiger partial charge in [-0.15, -0.1) is 0 Å². The van der Waals surface area contributed by atoms with Crippen LogP contribution in [0.3, 0.4) is 0 Å². The highest BCUT2D eigenvalue weighted by Crippen LogP contribution is 2.20. The van der Waals surface area contributed by atoms with Crippen LogP contribution in [-0.2, 0) is 14.6 Å². The average Bonchev–Trinajstić information content (AvgIpc) is 2.60. The van der Waals surface area contributed by atoms with Gasteiger partial charge in [-0.05, 0) is 18.6 Å². The predicted octanol–water partition coefficient (Wildman–Crippen LogP) is 1.06. The van der Waals surface area contributed by atoms with E-state index in [0.717, 1.165) is 0 Å². The Bertz CT molecular complexity index is 481. The Labute approximate surface area is 94.6 Å². The zero-order valence-electron chi connectivity index (χ0n) is 8.72. The summed E-state index contributed by atoms with van der Waals surface area (Å²) in [7, 11) is -2.99. The van der Waals surface area contributed by atoms with Gasteiger partial charge in [0, 0.05) is 5.69 Å². The largest absolute Gasteiger partial charge is 0.326 e. The van der Waals surface area contributed by atoms with Crippen molar-refractivity contribution in [2.45, 2.75) is 6.42 Å². The first kappa shape index (κ1) is 11.1. The fourth-order valence-electron chi connectivity index (χ4n) is 1.77. The van der Waals surface area contributed by atoms with Crippen molar-refractivity contribution in [3.05, 3.63) is 30.3 Å². The second-order valence-corrected chi connectivity index (χ2v) is 6.18. The number of rotatable bonds is 2. The van der Waals surface area contributed by atoms with Crippen molar-refractivity contribution in [3.8, 4) is 0 Å². The molecule has 1 aliphatic heterocycles. The van der Waals surface area contributed by atoms with Gasteiger partial charge in [0.25, 0.3) is 0 Å². The maximum atomic E-state index is 11.7. The van der Waals surface area contributed by atoms with E-state index in [1.165, 1.54) is 0 Å². The molecule has 0 aromatic heterocycles. The maximum absolute atomic E-state index is 11.7. The van der Waals surface area contributed by atoms with Gasteiger partial charge in [0.1, 0.15) is 0 Å². The second kappa shape index (κ2) is 4.25. The summed E-state index contributed by atoms with van der Waals surface area (Å²) >= 11 is 0. The van der Waals surface area contributed by atoms with E-state index >= 15 is 0 Å². The summed E-state index contributed by atoms with van der Waals surface area (Å²) in [5.41, 5.74) is 0.705. The van der Waals surface area contributed by atoms with Gasteiger partial charge in [-0.25, -0.2) is 8.42 Å². The second-order valence-electron chi connectivity index (χ2n) is 3.96. The molecule has 1 fully saturated rings. The standard InChI is InChI=1S/C11H13NO3S/c13-11(9-6-7-16(14,15)8-9)12-10-4-2-1-3-5-10/h1-5,9H,6-8H2,(H,12,13)/t9-/m1/s1. The lowest BCUT2D eigenvalue weighted by molar-refractivity contribution is -0.119. The normalized spacial score (nSPS) is 22.9. The predicted molar refractivity (Wildman–Crippen MR) is 61.8 cm³/mol. The zero-order valence-corrected chi connectivity index (χ0v) is 9.53. The minimum atomic E-state index is -2.99. The van der Waals surface area contributed by atoms with E-state index in [-0.39, 0.29) is 17.4 Å². The highest BCUT2D eigenvalue weighted by atomic mass is 32.2. The molecular formula is C11H13NO3S. The Kier molecular flexibility index (Phi) is 2.96. The Morgan fingerprint density at radius 2 is 1.94 bits per heavy atom. The minimum absolute atomic E-state index is 0.0222. The maximum Gasteiger partial charge on any atom is 0.228 e. The number of nitrogens with one attached hydrogen (secondary N) is 1. The van der Waals surface area contributed by atoms with Gasteiger partial charge in [-0.1, -0.05) is 18.2 Å². The fraction of sp³-hybridized carbons (Fsp3) is 0.364. The zero-order chi connectivity index (χ0) is 11.6. The van der Waals surface area contributed by atoms with Gasteiger partial charge in [0.2, 0.25) is 5.91 Å². The quantitative estimate of drug-likeness (QED) is 0.839. The molecule has 86 valence electrons. The first-order chi connectivity index (χ1) is 7.57. The van der Waals surface area contributed by atoms with Crippen LogP contribution >= 0.6 is 0 Å². The van der Waals surface area contributed by atoms with Crippen LogP contribution in [0, 0.1) is 5.92 Å². The van der Waals surface area contributed by atoms with Crippen molar-refractivity contribution in [1.82, 2.24) is 0 Å². The van der Waals surface area contributed by atoms with E-state index in [9.17, 15) is 13.2 Å². The SMILES string of the molecule is O=C(Nc1ccccc1)[C@@H]1CCS(=O)(=O)C1. The van der Waals surface area contributed by atoms with Crippen LogP contribution in [0.1, 0.15) is 6.42 Å². The number of hydrogen-bond donors (Lipinski definition) is 1. The summed E-state index contributed by atoms with van der Waals surface area (Å²) in [5.74, 6) is -0.497. The molecule has 2 rings (SSSR count). The summed E-state index contributed by atoms with van der Waals surface area (Å²) in [6.45, 7) is 0. The van der Waals surface area contributed by atoms with Gasteiger partial charge >= 0.3 is 0 Å². The highest BCUT2D eigenvalue weighted by Gasteiger charge is 2.32. The third-order valence-corrected chi connectivity index (χ3v) is 4.41. The lowest BCUT2D eigenvalue weighted by Gasteiger charge is -2.08. The average molecular weight is 239 g/mol. The van der Waals surface area contributed by atoms with Gasteiger partial charge in [-0.3, -0.25) is 4.79 Å². The molecule has 1 aromatic carbocycles. The van der Waals surface area contributed by atoms with E-state index in [1.54, 1.807) is 12.1 Å². The Morgan fingerprint density at radius 3 is 2.50 bits per heavy atom. The summed E-state index contributed by atoms with van der Waals surface area (Å²) in [6.07, 6.45) is 0.432. The van der Waals surface area contributed by atoms with Crippen LogP contribution < -0.4 is 5.32 Å². The molecule has 16 heavy (non-hydrogen) atoms. The molecule has 1 atom stereocenters. The van der Waals surface area contributed by atoms with Crippen molar-refractivity contribution in [2.24, 2.45) is 5.92 Å². The van der Waals surface area contributed by atoms with Crippen LogP contribution in [0.25, 0.3) is 0 Å². The van der Waals surface area contributed by atoms with E-state index in [1.807, 2.05) is 18.2 Å². The van der Waals surface area contributed by atoms with E-state index in [0.29, 0.717) is 12.1 Å². The van der Waals surface area contributed by atoms with E-state index in [4.69, 9.17) is 0 Å². The van der Waals surface area contributed by atoms with Crippen LogP contribution in [0.15, 0.2) is 30.3 Å². The fourth-order valence-corrected chi connectivity index (χ4v) is 3.51. The number of para-hydroxylation sites is 1. The highest BCUT2D eigenvalue weighted by molar-refractivity contribution is 7.91. The molecule has 4 nitrogen and oxygen atoms in total. The third-order valence-electron chi connectivity index (χ3n) is 2.64. The molecule has 1 N–H and O–H groups in total. The van der Waals surface area contributed by atoms with Crippen molar-refractivity contribution >= 4 is 21.4 Å². The van der Waals surface area contributed by atoms with Crippen molar-refractivity contribution in [2.75, 3.05) is 16.8 Å². The Hall–Kier alpha value is -1.36. The lowest BCUT2D eigenvalue weighted by Crippen LogP contribution is -2.23. The molecule has 1 heterocycles. The Balaban J connectivity index is 2.00. The van der Waals surface area contributed by atoms with Crippen LogP contribution in [0.4, 0.5) is 5.69 Å². The van der Waals surface area contributed by atoms with Gasteiger partial charge < -0.3 is 5.32 Å². The molecule has 1 aromatic rings. The van der Waals surface area contributed by atoms with Crippen molar-refractivity contribution < 1.29 is 13.2 Å². The summed E-state index contributed by atoms with van der Waals surface area (Å²) in [6, 6.07) is 9.06. The van der Waals surface area contributed by atoms with Gasteiger partial charge in [0.05, 0.1) is 17.4 Å². The van der Waals surface area contributed by atoms with Crippen molar-refractivity contribution in [3.63, 3.8) is 0 Å². The molecule has 0 aliphatic carbocycles. The van der Waals surface area contributed by atoms with Crippen molar-refractivity contribution in [1.29, 1.82) is 0 Å². The number of carbonyl (C=O) groups is 1. The first-order valence-electron chi connectivity index (χ1n) is 5.13. The monoisotopic (exact) mass is 239 g/mol. The lowest BCUT2D eigenvalue weighted by atomic mass is 10.1. The number of hydrogen-bond acceptors (Lipinski definition) is 3. The first-order valence-corrected chi connectivity index (χ1v) is 6.95. The number of sulfone groups is 1. The third kappa shape index (κ3) is 2.61. The molecule has 1 amide bonds. The molecule has 0 saturated carbocycles. The number of benzene rings is 1. The molecule has 0 spiro atoms. The summed E-state index contributed by atoms with van der Waals surface area (Å²) in [5, 5.41) is 2.72. The van der Waals surface area contributed by atoms with E-state index in [2.05, 4.69) is 5.32 Å². The number of anilines is 1. The van der Waals surface area contributed by atoms with Crippen LogP contribution in [-0.4, -0.2) is 25.8 Å². The van der Waals surface area contributed by atoms with Gasteiger partial charge in [0.15, 0.2) is 9.84 Å². The van der Waals surface area contributed by atoms with E-state index < -0.39 is 15.8 Å². The molecule has 0 bridgehead atoms. The van der Waals surface area contributed by atoms with Crippen LogP contribution in [0.2, 0.25) is 0 Å². The molecule has 1 aliphatic rings. The summed E-state index contributed by atoms with van der Waals surface area (Å²) < 4.78 is 22.4. The molecule has 5 heteroatoms. The van der Waals surface area contributed by atoms with Crippen LogP contribution in [0.5, 0.6) is 0 Å². The molecule has 0 unspecified atom stereocenters. The Morgan fingerprint density at radius 1 is 1.25 bits per heavy atom. The van der Waals surface area contributed by atoms with Gasteiger partial charge in [-0.2, -0.15) is 0 Å². The number of amides is 1. The minimum Gasteiger partial charge on any atom is -0.326 e. The molecule has 1 saturated heterocycles.